The predicted octanol–water partition coefficient (Wildman–Crippen LogP) is 4.37. The van der Waals surface area contributed by atoms with Gasteiger partial charge in [0.25, 0.3) is 5.91 Å². The maximum Gasteiger partial charge on any atom is 0.262 e. The first kappa shape index (κ1) is 16.9. The van der Waals surface area contributed by atoms with Gasteiger partial charge in [0.1, 0.15) is 17.5 Å². The van der Waals surface area contributed by atoms with Crippen molar-refractivity contribution in [1.82, 2.24) is 5.32 Å². The monoisotopic (exact) mass is 372 g/mol. The van der Waals surface area contributed by atoms with Crippen LogP contribution in [0.4, 0.5) is 4.39 Å². The van der Waals surface area contributed by atoms with Crippen LogP contribution in [0.25, 0.3) is 6.08 Å². The predicted molar refractivity (Wildman–Crippen MR) is 90.7 cm³/mol. The van der Waals surface area contributed by atoms with E-state index in [0.29, 0.717) is 4.47 Å². The van der Waals surface area contributed by atoms with E-state index >= 15 is 0 Å². The van der Waals surface area contributed by atoms with Crippen molar-refractivity contribution in [2.24, 2.45) is 0 Å². The lowest BCUT2D eigenvalue weighted by molar-refractivity contribution is -0.117. The number of benzene rings is 2. The third-order valence-corrected chi connectivity index (χ3v) is 3.99. The molecule has 0 fully saturated rings. The molecule has 0 aliphatic rings. The summed E-state index contributed by atoms with van der Waals surface area (Å²) in [6.45, 7) is 1.82. The Bertz CT molecular complexity index is 761. The maximum atomic E-state index is 13.8. The molecule has 0 bridgehead atoms. The molecular weight excluding hydrogens is 359 g/mol. The van der Waals surface area contributed by atoms with Gasteiger partial charge in [-0.05, 0) is 30.7 Å². The van der Waals surface area contributed by atoms with Crippen LogP contribution in [0.2, 0.25) is 0 Å². The SMILES string of the molecule is CC(NC(=O)/C(C#N)=C/c1c(F)cccc1Br)c1ccccc1. The molecule has 1 amide bonds. The van der Waals surface area contributed by atoms with Crippen LogP contribution in [-0.4, -0.2) is 5.91 Å². The number of hydrogen-bond donors (Lipinski definition) is 1. The summed E-state index contributed by atoms with van der Waals surface area (Å²) in [6.07, 6.45) is 1.24. The second-order valence-corrected chi connectivity index (χ2v) is 5.77. The van der Waals surface area contributed by atoms with E-state index in [1.54, 1.807) is 12.1 Å². The molecule has 0 aliphatic heterocycles. The number of nitrogens with zero attached hydrogens (tertiary/aromatic N) is 1. The van der Waals surface area contributed by atoms with Gasteiger partial charge in [0.15, 0.2) is 0 Å². The molecule has 2 aromatic carbocycles. The summed E-state index contributed by atoms with van der Waals surface area (Å²) in [7, 11) is 0. The summed E-state index contributed by atoms with van der Waals surface area (Å²) >= 11 is 3.22. The summed E-state index contributed by atoms with van der Waals surface area (Å²) in [5.41, 5.74) is 0.940. The zero-order valence-corrected chi connectivity index (χ0v) is 14.0. The van der Waals surface area contributed by atoms with Crippen LogP contribution in [0, 0.1) is 17.1 Å². The Labute approximate surface area is 142 Å². The smallest absolute Gasteiger partial charge is 0.262 e. The lowest BCUT2D eigenvalue weighted by Gasteiger charge is -2.13. The molecule has 5 heteroatoms. The van der Waals surface area contributed by atoms with Gasteiger partial charge in [0.2, 0.25) is 0 Å². The Morgan fingerprint density at radius 2 is 1.96 bits per heavy atom. The summed E-state index contributed by atoms with van der Waals surface area (Å²) < 4.78 is 14.3. The van der Waals surface area contributed by atoms with Crippen LogP contribution in [-0.2, 0) is 4.79 Å². The topological polar surface area (TPSA) is 52.9 Å². The lowest BCUT2D eigenvalue weighted by Crippen LogP contribution is -2.27. The van der Waals surface area contributed by atoms with Gasteiger partial charge in [-0.1, -0.05) is 52.3 Å². The van der Waals surface area contributed by atoms with Gasteiger partial charge < -0.3 is 5.32 Å². The van der Waals surface area contributed by atoms with Crippen molar-refractivity contribution >= 4 is 27.9 Å². The molecule has 116 valence electrons. The molecule has 1 unspecified atom stereocenters. The molecule has 0 aromatic heterocycles. The molecule has 1 atom stereocenters. The van der Waals surface area contributed by atoms with Gasteiger partial charge >= 0.3 is 0 Å². The molecule has 0 saturated carbocycles. The number of carbonyl (C=O) groups excluding carboxylic acids is 1. The Morgan fingerprint density at radius 3 is 2.57 bits per heavy atom. The van der Waals surface area contributed by atoms with E-state index in [-0.39, 0.29) is 17.2 Å². The first-order valence-electron chi connectivity index (χ1n) is 6.94. The third kappa shape index (κ3) is 4.27. The fourth-order valence-electron chi connectivity index (χ4n) is 2.04. The molecule has 0 radical (unpaired) electrons. The average molecular weight is 373 g/mol. The Balaban J connectivity index is 2.23. The highest BCUT2D eigenvalue weighted by atomic mass is 79.9. The molecular formula is C18H14BrFN2O. The van der Waals surface area contributed by atoms with Gasteiger partial charge in [-0.3, -0.25) is 4.79 Å². The van der Waals surface area contributed by atoms with E-state index in [2.05, 4.69) is 21.2 Å². The van der Waals surface area contributed by atoms with Gasteiger partial charge in [0, 0.05) is 10.0 Å². The summed E-state index contributed by atoms with van der Waals surface area (Å²) in [5, 5.41) is 11.9. The van der Waals surface area contributed by atoms with Crippen LogP contribution in [0.3, 0.4) is 0 Å². The highest BCUT2D eigenvalue weighted by Crippen LogP contribution is 2.22. The standard InChI is InChI=1S/C18H14BrFN2O/c1-12(13-6-3-2-4-7-13)22-18(23)14(11-21)10-15-16(19)8-5-9-17(15)20/h2-10,12H,1H3,(H,22,23)/b14-10+. The molecule has 3 nitrogen and oxygen atoms in total. The number of rotatable bonds is 4. The highest BCUT2D eigenvalue weighted by molar-refractivity contribution is 9.10. The fraction of sp³-hybridized carbons (Fsp3) is 0.111. The Hall–Kier alpha value is -2.45. The van der Waals surface area contributed by atoms with Gasteiger partial charge in [-0.25, -0.2) is 4.39 Å². The van der Waals surface area contributed by atoms with Crippen LogP contribution < -0.4 is 5.32 Å². The quantitative estimate of drug-likeness (QED) is 0.639. The number of halogens is 2. The summed E-state index contributed by atoms with van der Waals surface area (Å²) in [6, 6.07) is 15.4. The van der Waals surface area contributed by atoms with Crippen molar-refractivity contribution in [2.75, 3.05) is 0 Å². The summed E-state index contributed by atoms with van der Waals surface area (Å²) in [4.78, 5) is 12.2. The number of carbonyl (C=O) groups is 1. The number of amides is 1. The maximum absolute atomic E-state index is 13.8. The fourth-order valence-corrected chi connectivity index (χ4v) is 2.50. The van der Waals surface area contributed by atoms with E-state index in [1.807, 2.05) is 43.3 Å². The summed E-state index contributed by atoms with van der Waals surface area (Å²) in [5.74, 6) is -1.05. The van der Waals surface area contributed by atoms with Gasteiger partial charge in [-0.2, -0.15) is 5.26 Å². The molecule has 2 aromatic rings. The minimum atomic E-state index is -0.543. The molecule has 23 heavy (non-hydrogen) atoms. The van der Waals surface area contributed by atoms with Crippen LogP contribution in [0.5, 0.6) is 0 Å². The van der Waals surface area contributed by atoms with Crippen molar-refractivity contribution < 1.29 is 9.18 Å². The Morgan fingerprint density at radius 1 is 1.26 bits per heavy atom. The number of nitrogens with one attached hydrogen (secondary N) is 1. The molecule has 2 rings (SSSR count). The first-order chi connectivity index (χ1) is 11.0. The van der Waals surface area contributed by atoms with Crippen molar-refractivity contribution in [3.63, 3.8) is 0 Å². The second-order valence-electron chi connectivity index (χ2n) is 4.91. The molecule has 0 aliphatic carbocycles. The van der Waals surface area contributed by atoms with Crippen molar-refractivity contribution in [3.05, 3.63) is 75.5 Å². The minimum Gasteiger partial charge on any atom is -0.345 e. The van der Waals surface area contributed by atoms with Crippen molar-refractivity contribution in [1.29, 1.82) is 5.26 Å². The zero-order chi connectivity index (χ0) is 16.8. The van der Waals surface area contributed by atoms with E-state index in [0.717, 1.165) is 5.56 Å². The highest BCUT2D eigenvalue weighted by Gasteiger charge is 2.15. The number of hydrogen-bond acceptors (Lipinski definition) is 2. The largest absolute Gasteiger partial charge is 0.345 e. The van der Waals surface area contributed by atoms with Crippen LogP contribution in [0.1, 0.15) is 24.1 Å². The van der Waals surface area contributed by atoms with Crippen molar-refractivity contribution in [2.45, 2.75) is 13.0 Å². The first-order valence-corrected chi connectivity index (χ1v) is 7.74. The minimum absolute atomic E-state index is 0.154. The van der Waals surface area contributed by atoms with E-state index in [4.69, 9.17) is 0 Å². The lowest BCUT2D eigenvalue weighted by atomic mass is 10.1. The zero-order valence-electron chi connectivity index (χ0n) is 12.4. The molecule has 0 saturated heterocycles. The normalized spacial score (nSPS) is 12.3. The van der Waals surface area contributed by atoms with Crippen molar-refractivity contribution in [3.8, 4) is 6.07 Å². The van der Waals surface area contributed by atoms with Gasteiger partial charge in [-0.15, -0.1) is 0 Å². The number of nitriles is 1. The molecule has 1 N–H and O–H groups in total. The third-order valence-electron chi connectivity index (χ3n) is 3.30. The average Bonchev–Trinajstić information content (AvgIpc) is 2.55. The molecule has 0 heterocycles. The van der Waals surface area contributed by atoms with E-state index < -0.39 is 11.7 Å². The second kappa shape index (κ2) is 7.70. The van der Waals surface area contributed by atoms with E-state index in [9.17, 15) is 14.4 Å². The Kier molecular flexibility index (Phi) is 5.67. The van der Waals surface area contributed by atoms with Crippen LogP contribution in [0.15, 0.2) is 58.6 Å². The van der Waals surface area contributed by atoms with E-state index in [1.165, 1.54) is 12.1 Å². The van der Waals surface area contributed by atoms with Gasteiger partial charge in [0.05, 0.1) is 6.04 Å². The van der Waals surface area contributed by atoms with Crippen LogP contribution >= 0.6 is 15.9 Å². The molecule has 0 spiro atoms.